The Morgan fingerprint density at radius 1 is 1.50 bits per heavy atom. The number of nitrogens with two attached hydrogens (primary N) is 1. The highest BCUT2D eigenvalue weighted by atomic mass is 16.3. The summed E-state index contributed by atoms with van der Waals surface area (Å²) in [5, 5.41) is 6.56. The molecule has 0 aliphatic carbocycles. The second-order valence-electron chi connectivity index (χ2n) is 6.10. The molecule has 0 radical (unpaired) electrons. The lowest BCUT2D eigenvalue weighted by Crippen LogP contribution is -2.43. The summed E-state index contributed by atoms with van der Waals surface area (Å²) in [5.74, 6) is 1.48. The highest BCUT2D eigenvalue weighted by molar-refractivity contribution is 5.79. The van der Waals surface area contributed by atoms with Crippen molar-refractivity contribution in [2.75, 3.05) is 32.7 Å². The summed E-state index contributed by atoms with van der Waals surface area (Å²) in [6.45, 7) is 7.03. The van der Waals surface area contributed by atoms with E-state index in [0.717, 1.165) is 63.7 Å². The molecule has 24 heavy (non-hydrogen) atoms. The molecule has 1 aromatic rings. The highest BCUT2D eigenvalue weighted by Gasteiger charge is 2.23. The largest absolute Gasteiger partial charge is 0.467 e. The molecule has 1 aromatic heterocycles. The molecule has 4 N–H and O–H groups in total. The summed E-state index contributed by atoms with van der Waals surface area (Å²) < 4.78 is 5.29. The number of amides is 1. The zero-order chi connectivity index (χ0) is 17.2. The van der Waals surface area contributed by atoms with Crippen molar-refractivity contribution in [1.82, 2.24) is 15.5 Å². The van der Waals surface area contributed by atoms with E-state index in [1.165, 1.54) is 0 Å². The Hall–Kier alpha value is -2.02. The normalized spacial score (nSPS) is 19.2. The highest BCUT2D eigenvalue weighted by Crippen LogP contribution is 2.15. The van der Waals surface area contributed by atoms with Crippen LogP contribution >= 0.6 is 0 Å². The molecule has 1 atom stereocenters. The number of carbonyl (C=O) groups is 1. The number of carbonyl (C=O) groups excluding carboxylic acids is 1. The third kappa shape index (κ3) is 6.23. The van der Waals surface area contributed by atoms with Gasteiger partial charge in [-0.1, -0.05) is 0 Å². The van der Waals surface area contributed by atoms with E-state index in [9.17, 15) is 4.79 Å². The molecule has 1 aliphatic rings. The second kappa shape index (κ2) is 9.97. The number of guanidine groups is 1. The third-order valence-electron chi connectivity index (χ3n) is 4.17. The van der Waals surface area contributed by atoms with Gasteiger partial charge in [-0.2, -0.15) is 0 Å². The molecule has 2 heterocycles. The van der Waals surface area contributed by atoms with Crippen molar-refractivity contribution >= 4 is 11.9 Å². The summed E-state index contributed by atoms with van der Waals surface area (Å²) in [6, 6.07) is 3.78. The van der Waals surface area contributed by atoms with Gasteiger partial charge in [-0.05, 0) is 51.4 Å². The van der Waals surface area contributed by atoms with E-state index in [0.29, 0.717) is 6.54 Å². The number of furan rings is 1. The number of nitrogens with one attached hydrogen (secondary N) is 2. The summed E-state index contributed by atoms with van der Waals surface area (Å²) in [4.78, 5) is 18.1. The predicted molar refractivity (Wildman–Crippen MR) is 94.5 cm³/mol. The molecule has 1 saturated heterocycles. The molecule has 7 heteroatoms. The summed E-state index contributed by atoms with van der Waals surface area (Å²) >= 11 is 0. The van der Waals surface area contributed by atoms with Gasteiger partial charge >= 0.3 is 0 Å². The summed E-state index contributed by atoms with van der Waals surface area (Å²) in [6.07, 6.45) is 4.63. The van der Waals surface area contributed by atoms with Crippen molar-refractivity contribution in [2.24, 2.45) is 16.6 Å². The van der Waals surface area contributed by atoms with E-state index < -0.39 is 0 Å². The van der Waals surface area contributed by atoms with E-state index in [1.807, 2.05) is 19.1 Å². The fraction of sp³-hybridized carbons (Fsp3) is 0.647. The molecule has 1 amide bonds. The first kappa shape index (κ1) is 18.3. The zero-order valence-electron chi connectivity index (χ0n) is 14.5. The number of hydrogen-bond acceptors (Lipinski definition) is 4. The molecule has 1 unspecified atom stereocenters. The van der Waals surface area contributed by atoms with Gasteiger partial charge in [0.15, 0.2) is 5.96 Å². The van der Waals surface area contributed by atoms with Gasteiger partial charge in [-0.25, -0.2) is 4.99 Å². The minimum absolute atomic E-state index is 0.0129. The number of rotatable bonds is 8. The van der Waals surface area contributed by atoms with Gasteiger partial charge in [0, 0.05) is 19.6 Å². The fourth-order valence-corrected chi connectivity index (χ4v) is 2.90. The van der Waals surface area contributed by atoms with E-state index >= 15 is 0 Å². The smallest absolute Gasteiger partial charge is 0.221 e. The lowest BCUT2D eigenvalue weighted by atomic mass is 9.97. The van der Waals surface area contributed by atoms with Crippen LogP contribution < -0.4 is 16.4 Å². The molecule has 2 rings (SSSR count). The lowest BCUT2D eigenvalue weighted by molar-refractivity contribution is -0.123. The fourth-order valence-electron chi connectivity index (χ4n) is 2.90. The lowest BCUT2D eigenvalue weighted by Gasteiger charge is -2.31. The first-order valence-corrected chi connectivity index (χ1v) is 8.75. The van der Waals surface area contributed by atoms with Gasteiger partial charge < -0.3 is 25.7 Å². The molecule has 134 valence electrons. The van der Waals surface area contributed by atoms with Crippen molar-refractivity contribution in [3.05, 3.63) is 24.2 Å². The maximum absolute atomic E-state index is 11.3. The number of nitrogens with zero attached hydrogens (tertiary/aromatic N) is 2. The Morgan fingerprint density at radius 2 is 2.38 bits per heavy atom. The second-order valence-corrected chi connectivity index (χ2v) is 6.10. The Kier molecular flexibility index (Phi) is 7.61. The van der Waals surface area contributed by atoms with Gasteiger partial charge in [0.05, 0.1) is 12.2 Å². The standard InChI is InChI=1S/C17H29N5O2/c1-2-19-17(21-12-15-7-4-11-24-15)20-8-5-10-22-9-3-6-14(13-22)16(18)23/h4,7,11,14H,2-3,5-6,8-10,12-13H2,1H3,(H2,18,23)(H2,19,20,21). The van der Waals surface area contributed by atoms with Crippen LogP contribution in [0.1, 0.15) is 31.9 Å². The SMILES string of the molecule is CCNC(=NCc1ccco1)NCCCN1CCCC(C(N)=O)C1. The molecule has 0 saturated carbocycles. The number of piperidine rings is 1. The van der Waals surface area contributed by atoms with Crippen LogP contribution in [0.4, 0.5) is 0 Å². The Morgan fingerprint density at radius 3 is 3.08 bits per heavy atom. The Balaban J connectivity index is 1.68. The maximum Gasteiger partial charge on any atom is 0.221 e. The number of likely N-dealkylation sites (tertiary alicyclic amines) is 1. The third-order valence-corrected chi connectivity index (χ3v) is 4.17. The Bertz CT molecular complexity index is 515. The van der Waals surface area contributed by atoms with Crippen LogP contribution in [0.25, 0.3) is 0 Å². The molecular weight excluding hydrogens is 306 g/mol. The minimum Gasteiger partial charge on any atom is -0.467 e. The van der Waals surface area contributed by atoms with Crippen LogP contribution in [0.2, 0.25) is 0 Å². The molecule has 1 aliphatic heterocycles. The first-order valence-electron chi connectivity index (χ1n) is 8.75. The molecule has 7 nitrogen and oxygen atoms in total. The average Bonchev–Trinajstić information content (AvgIpc) is 3.10. The van der Waals surface area contributed by atoms with Gasteiger partial charge in [0.25, 0.3) is 0 Å². The number of hydrogen-bond donors (Lipinski definition) is 3. The molecule has 0 spiro atoms. The van der Waals surface area contributed by atoms with E-state index in [1.54, 1.807) is 6.26 Å². The number of aliphatic imine (C=N–C) groups is 1. The zero-order valence-corrected chi connectivity index (χ0v) is 14.5. The number of primary amides is 1. The maximum atomic E-state index is 11.3. The topological polar surface area (TPSA) is 95.9 Å². The van der Waals surface area contributed by atoms with Crippen molar-refractivity contribution < 1.29 is 9.21 Å². The van der Waals surface area contributed by atoms with Gasteiger partial charge in [0.1, 0.15) is 12.3 Å². The van der Waals surface area contributed by atoms with E-state index in [2.05, 4.69) is 20.5 Å². The minimum atomic E-state index is -0.169. The quantitative estimate of drug-likeness (QED) is 0.373. The van der Waals surface area contributed by atoms with E-state index in [4.69, 9.17) is 10.2 Å². The summed E-state index contributed by atoms with van der Waals surface area (Å²) in [5.41, 5.74) is 5.42. The summed E-state index contributed by atoms with van der Waals surface area (Å²) in [7, 11) is 0. The monoisotopic (exact) mass is 335 g/mol. The first-order chi connectivity index (χ1) is 11.7. The molecule has 0 aromatic carbocycles. The van der Waals surface area contributed by atoms with Gasteiger partial charge in [-0.3, -0.25) is 4.79 Å². The average molecular weight is 335 g/mol. The predicted octanol–water partition coefficient (Wildman–Crippen LogP) is 0.922. The van der Waals surface area contributed by atoms with Crippen LogP contribution in [-0.4, -0.2) is 49.5 Å². The van der Waals surface area contributed by atoms with Crippen LogP contribution in [0.3, 0.4) is 0 Å². The van der Waals surface area contributed by atoms with Gasteiger partial charge in [0.2, 0.25) is 5.91 Å². The Labute approximate surface area is 143 Å². The van der Waals surface area contributed by atoms with E-state index in [-0.39, 0.29) is 11.8 Å². The van der Waals surface area contributed by atoms with Crippen LogP contribution in [-0.2, 0) is 11.3 Å². The van der Waals surface area contributed by atoms with Crippen molar-refractivity contribution in [3.63, 3.8) is 0 Å². The van der Waals surface area contributed by atoms with Crippen LogP contribution in [0, 0.1) is 5.92 Å². The molecule has 0 bridgehead atoms. The van der Waals surface area contributed by atoms with Crippen LogP contribution in [0.5, 0.6) is 0 Å². The van der Waals surface area contributed by atoms with Crippen molar-refractivity contribution in [3.8, 4) is 0 Å². The molecule has 1 fully saturated rings. The van der Waals surface area contributed by atoms with Crippen molar-refractivity contribution in [2.45, 2.75) is 32.7 Å². The molecular formula is C17H29N5O2. The van der Waals surface area contributed by atoms with Crippen LogP contribution in [0.15, 0.2) is 27.8 Å². The van der Waals surface area contributed by atoms with Gasteiger partial charge in [-0.15, -0.1) is 0 Å². The van der Waals surface area contributed by atoms with Crippen molar-refractivity contribution in [1.29, 1.82) is 0 Å².